The molecule has 116 valence electrons. The highest BCUT2D eigenvalue weighted by Crippen LogP contribution is 2.49. The molecule has 6 atom stereocenters. The molecule has 22 heavy (non-hydrogen) atoms. The summed E-state index contributed by atoms with van der Waals surface area (Å²) in [5, 5.41) is 21.4. The Morgan fingerprint density at radius 3 is 2.86 bits per heavy atom. The Labute approximate surface area is 132 Å². The van der Waals surface area contributed by atoms with Crippen LogP contribution in [0.1, 0.15) is 19.4 Å². The molecule has 6 nitrogen and oxygen atoms in total. The smallest absolute Gasteiger partial charge is 0.165 e. The van der Waals surface area contributed by atoms with E-state index in [2.05, 4.69) is 34.0 Å². The van der Waals surface area contributed by atoms with Gasteiger partial charge in [0.1, 0.15) is 17.9 Å². The van der Waals surface area contributed by atoms with E-state index in [0.717, 1.165) is 6.42 Å². The second kappa shape index (κ2) is 5.01. The van der Waals surface area contributed by atoms with E-state index in [4.69, 9.17) is 11.6 Å². The van der Waals surface area contributed by atoms with E-state index in [1.54, 1.807) is 6.33 Å². The van der Waals surface area contributed by atoms with Crippen LogP contribution in [0.4, 0.5) is 0 Å². The maximum Gasteiger partial charge on any atom is 0.165 e. The van der Waals surface area contributed by atoms with E-state index in [9.17, 15) is 10.2 Å². The van der Waals surface area contributed by atoms with E-state index >= 15 is 0 Å². The molecule has 0 spiro atoms. The highest BCUT2D eigenvalue weighted by atomic mass is 35.5. The van der Waals surface area contributed by atoms with Gasteiger partial charge < -0.3 is 14.8 Å². The van der Waals surface area contributed by atoms with Crippen molar-refractivity contribution < 1.29 is 10.2 Å². The molecule has 0 aliphatic heterocycles. The minimum atomic E-state index is -0.844. The van der Waals surface area contributed by atoms with Crippen LogP contribution in [0.15, 0.2) is 24.8 Å². The summed E-state index contributed by atoms with van der Waals surface area (Å²) in [5.41, 5.74) is 1.12. The zero-order valence-corrected chi connectivity index (χ0v) is 12.8. The molecule has 1 fully saturated rings. The van der Waals surface area contributed by atoms with Crippen LogP contribution in [-0.2, 0) is 0 Å². The fourth-order valence-electron chi connectivity index (χ4n) is 4.15. The highest BCUT2D eigenvalue weighted by molar-refractivity contribution is 6.33. The van der Waals surface area contributed by atoms with Gasteiger partial charge in [-0.05, 0) is 24.2 Å². The molecule has 4 rings (SSSR count). The van der Waals surface area contributed by atoms with E-state index in [1.165, 1.54) is 6.33 Å². The first-order valence-electron chi connectivity index (χ1n) is 7.45. The molecule has 2 aromatic rings. The number of aliphatic hydroxyl groups is 2. The summed E-state index contributed by atoms with van der Waals surface area (Å²) in [4.78, 5) is 12.5. The molecule has 2 N–H and O–H groups in total. The van der Waals surface area contributed by atoms with Gasteiger partial charge in [-0.25, -0.2) is 15.0 Å². The monoisotopic (exact) mass is 320 g/mol. The van der Waals surface area contributed by atoms with Gasteiger partial charge in [0.15, 0.2) is 10.8 Å². The Hall–Kier alpha value is -1.50. The second-order valence-corrected chi connectivity index (χ2v) is 6.58. The summed E-state index contributed by atoms with van der Waals surface area (Å²) < 4.78 is 1.84. The molecule has 1 saturated carbocycles. The third kappa shape index (κ3) is 1.84. The van der Waals surface area contributed by atoms with Crippen LogP contribution < -0.4 is 0 Å². The fraction of sp³-hybridized carbons (Fsp3) is 0.533. The first-order chi connectivity index (χ1) is 10.6. The average Bonchev–Trinajstić information content (AvgIpc) is 3.02. The van der Waals surface area contributed by atoms with Crippen LogP contribution >= 0.6 is 11.6 Å². The molecule has 2 aliphatic rings. The van der Waals surface area contributed by atoms with Crippen molar-refractivity contribution in [1.82, 2.24) is 19.5 Å². The number of imidazole rings is 1. The fourth-order valence-corrected chi connectivity index (χ4v) is 4.33. The van der Waals surface area contributed by atoms with Crippen molar-refractivity contribution in [2.75, 3.05) is 0 Å². The molecular weight excluding hydrogens is 304 g/mol. The third-order valence-corrected chi connectivity index (χ3v) is 5.39. The van der Waals surface area contributed by atoms with Crippen molar-refractivity contribution in [3.05, 3.63) is 30.0 Å². The molecule has 2 aromatic heterocycles. The maximum absolute atomic E-state index is 10.6. The molecule has 0 aromatic carbocycles. The highest BCUT2D eigenvalue weighted by Gasteiger charge is 2.52. The van der Waals surface area contributed by atoms with Gasteiger partial charge in [0, 0.05) is 0 Å². The predicted molar refractivity (Wildman–Crippen MR) is 81.3 cm³/mol. The molecule has 2 heterocycles. The summed E-state index contributed by atoms with van der Waals surface area (Å²) in [6, 6.07) is -0.261. The minimum Gasteiger partial charge on any atom is -0.390 e. The molecular formula is C15H17ClN4O2. The Morgan fingerprint density at radius 2 is 2.05 bits per heavy atom. The average molecular weight is 321 g/mol. The van der Waals surface area contributed by atoms with Crippen molar-refractivity contribution in [3.63, 3.8) is 0 Å². The van der Waals surface area contributed by atoms with Crippen LogP contribution in [0.3, 0.4) is 0 Å². The largest absolute Gasteiger partial charge is 0.390 e. The lowest BCUT2D eigenvalue weighted by molar-refractivity contribution is 0.0000329. The molecule has 0 amide bonds. The summed E-state index contributed by atoms with van der Waals surface area (Å²) in [5.74, 6) is 0.428. The summed E-state index contributed by atoms with van der Waals surface area (Å²) in [6.07, 6.45) is 6.51. The number of rotatable bonds is 1. The van der Waals surface area contributed by atoms with E-state index in [0.29, 0.717) is 16.3 Å². The molecule has 0 radical (unpaired) electrons. The van der Waals surface area contributed by atoms with Gasteiger partial charge in [-0.15, -0.1) is 0 Å². The SMILES string of the molecule is CC1C=CCC2C1C(O)[C@@H](O)[C@@H]2n1cnc2c(Cl)ncnc21. The van der Waals surface area contributed by atoms with E-state index in [-0.39, 0.29) is 23.8 Å². The van der Waals surface area contributed by atoms with Crippen LogP contribution in [0, 0.1) is 17.8 Å². The zero-order chi connectivity index (χ0) is 15.4. The first-order valence-corrected chi connectivity index (χ1v) is 7.83. The quantitative estimate of drug-likeness (QED) is 0.615. The van der Waals surface area contributed by atoms with Crippen LogP contribution in [0.2, 0.25) is 5.15 Å². The van der Waals surface area contributed by atoms with Crippen molar-refractivity contribution in [2.45, 2.75) is 31.6 Å². The lowest BCUT2D eigenvalue weighted by Gasteiger charge is -2.31. The molecule has 0 saturated heterocycles. The topological polar surface area (TPSA) is 84.1 Å². The van der Waals surface area contributed by atoms with Gasteiger partial charge in [-0.1, -0.05) is 30.7 Å². The Morgan fingerprint density at radius 1 is 1.23 bits per heavy atom. The summed E-state index contributed by atoms with van der Waals surface area (Å²) in [6.45, 7) is 2.08. The molecule has 0 bridgehead atoms. The van der Waals surface area contributed by atoms with Crippen LogP contribution in [0.5, 0.6) is 0 Å². The number of aliphatic hydroxyl groups excluding tert-OH is 2. The summed E-state index contributed by atoms with van der Waals surface area (Å²) >= 11 is 6.05. The van der Waals surface area contributed by atoms with Crippen LogP contribution in [0.25, 0.3) is 11.2 Å². The number of allylic oxidation sites excluding steroid dienone is 2. The minimum absolute atomic E-state index is 0.0414. The predicted octanol–water partition coefficient (Wildman–Crippen LogP) is 1.58. The number of aromatic nitrogens is 4. The van der Waals surface area contributed by atoms with Crippen molar-refractivity contribution in [1.29, 1.82) is 0 Å². The summed E-state index contributed by atoms with van der Waals surface area (Å²) in [7, 11) is 0. The van der Waals surface area contributed by atoms with Gasteiger partial charge in [-0.2, -0.15) is 0 Å². The standard InChI is InChI=1S/C15H17ClN4O2/c1-7-3-2-4-8-9(7)12(21)13(22)11(8)20-6-19-10-14(16)17-5-18-15(10)20/h2-3,5-9,11-13,21-22H,4H2,1H3/t7?,8?,9?,11-,12?,13+/m1/s1. The molecule has 2 aliphatic carbocycles. The van der Waals surface area contributed by atoms with Crippen molar-refractivity contribution in [3.8, 4) is 0 Å². The zero-order valence-electron chi connectivity index (χ0n) is 12.0. The normalized spacial score (nSPS) is 37.6. The number of nitrogens with zero attached hydrogens (tertiary/aromatic N) is 4. The number of halogens is 1. The first kappa shape index (κ1) is 14.1. The van der Waals surface area contributed by atoms with Crippen molar-refractivity contribution in [2.24, 2.45) is 17.8 Å². The molecule has 7 heteroatoms. The number of fused-ring (bicyclic) bond motifs is 2. The number of hydrogen-bond donors (Lipinski definition) is 2. The van der Waals surface area contributed by atoms with Gasteiger partial charge in [0.05, 0.1) is 18.5 Å². The van der Waals surface area contributed by atoms with E-state index < -0.39 is 12.2 Å². The Balaban J connectivity index is 1.84. The number of hydrogen-bond acceptors (Lipinski definition) is 5. The van der Waals surface area contributed by atoms with Crippen LogP contribution in [-0.4, -0.2) is 41.9 Å². The van der Waals surface area contributed by atoms with Gasteiger partial charge in [0.2, 0.25) is 0 Å². The van der Waals surface area contributed by atoms with Gasteiger partial charge in [0.25, 0.3) is 0 Å². The maximum atomic E-state index is 10.6. The Kier molecular flexibility index (Phi) is 3.21. The van der Waals surface area contributed by atoms with E-state index in [1.807, 2.05) is 4.57 Å². The molecule has 4 unspecified atom stereocenters. The van der Waals surface area contributed by atoms with Crippen molar-refractivity contribution >= 4 is 22.8 Å². The van der Waals surface area contributed by atoms with Gasteiger partial charge in [-0.3, -0.25) is 0 Å². The van der Waals surface area contributed by atoms with Gasteiger partial charge >= 0.3 is 0 Å². The second-order valence-electron chi connectivity index (χ2n) is 6.22. The Bertz CT molecular complexity index is 746. The third-order valence-electron chi connectivity index (χ3n) is 5.12. The lowest BCUT2D eigenvalue weighted by Crippen LogP contribution is -2.31. The lowest BCUT2D eigenvalue weighted by atomic mass is 9.77.